The predicted molar refractivity (Wildman–Crippen MR) is 81.3 cm³/mol. The molecule has 0 heterocycles. The van der Waals surface area contributed by atoms with Crippen molar-refractivity contribution >= 4 is 23.2 Å². The van der Waals surface area contributed by atoms with Crippen LogP contribution in [0.3, 0.4) is 0 Å². The molecule has 1 rings (SSSR count). The zero-order chi connectivity index (χ0) is 15.0. The topological polar surface area (TPSA) is 55.1 Å². The summed E-state index contributed by atoms with van der Waals surface area (Å²) in [4.78, 5) is 11.8. The lowest BCUT2D eigenvalue weighted by molar-refractivity contribution is -0.116. The summed E-state index contributed by atoms with van der Waals surface area (Å²) >= 11 is 5.78. The summed E-state index contributed by atoms with van der Waals surface area (Å²) < 4.78 is 13.5. The van der Waals surface area contributed by atoms with Crippen LogP contribution in [0.2, 0.25) is 5.02 Å². The second-order valence-corrected chi connectivity index (χ2v) is 5.38. The van der Waals surface area contributed by atoms with Crippen LogP contribution in [0.15, 0.2) is 18.2 Å². The Morgan fingerprint density at radius 2 is 2.15 bits per heavy atom. The van der Waals surface area contributed by atoms with Crippen molar-refractivity contribution in [2.24, 2.45) is 11.7 Å². The number of anilines is 1. The molecule has 1 aromatic rings. The molecule has 0 bridgehead atoms. The van der Waals surface area contributed by atoms with Gasteiger partial charge in [-0.05, 0) is 43.5 Å². The van der Waals surface area contributed by atoms with Gasteiger partial charge in [-0.3, -0.25) is 4.79 Å². The molecule has 0 aliphatic heterocycles. The first-order valence-corrected chi connectivity index (χ1v) is 7.39. The maximum Gasteiger partial charge on any atom is 0.224 e. The molecule has 0 aliphatic carbocycles. The number of carbonyl (C=O) groups is 1. The second kappa shape index (κ2) is 8.93. The van der Waals surface area contributed by atoms with Gasteiger partial charge in [0.05, 0.1) is 5.69 Å². The SMILES string of the molecule is CCCC(CCN)CCC(=O)Nc1cc(Cl)ccc1F. The molecular weight excluding hydrogens is 279 g/mol. The number of hydrogen-bond acceptors (Lipinski definition) is 2. The molecule has 20 heavy (non-hydrogen) atoms. The van der Waals surface area contributed by atoms with E-state index in [9.17, 15) is 9.18 Å². The van der Waals surface area contributed by atoms with Crippen molar-refractivity contribution in [1.29, 1.82) is 0 Å². The van der Waals surface area contributed by atoms with Crippen LogP contribution in [0, 0.1) is 11.7 Å². The quantitative estimate of drug-likeness (QED) is 0.763. The van der Waals surface area contributed by atoms with Crippen molar-refractivity contribution < 1.29 is 9.18 Å². The molecule has 0 saturated carbocycles. The molecule has 0 aromatic heterocycles. The maximum atomic E-state index is 13.5. The Balaban J connectivity index is 2.48. The molecule has 112 valence electrons. The van der Waals surface area contributed by atoms with Crippen molar-refractivity contribution in [3.05, 3.63) is 29.0 Å². The fourth-order valence-corrected chi connectivity index (χ4v) is 2.39. The van der Waals surface area contributed by atoms with Gasteiger partial charge < -0.3 is 11.1 Å². The Morgan fingerprint density at radius 1 is 1.40 bits per heavy atom. The van der Waals surface area contributed by atoms with E-state index in [4.69, 9.17) is 17.3 Å². The van der Waals surface area contributed by atoms with E-state index in [2.05, 4.69) is 12.2 Å². The summed E-state index contributed by atoms with van der Waals surface area (Å²) in [5.41, 5.74) is 5.69. The predicted octanol–water partition coefficient (Wildman–Crippen LogP) is 3.96. The van der Waals surface area contributed by atoms with Gasteiger partial charge in [0, 0.05) is 11.4 Å². The number of halogens is 2. The number of rotatable bonds is 8. The monoisotopic (exact) mass is 300 g/mol. The summed E-state index contributed by atoms with van der Waals surface area (Å²) in [6, 6.07) is 4.11. The van der Waals surface area contributed by atoms with Gasteiger partial charge in [-0.1, -0.05) is 31.4 Å². The average molecular weight is 301 g/mol. The van der Waals surface area contributed by atoms with Gasteiger partial charge in [0.15, 0.2) is 0 Å². The second-order valence-electron chi connectivity index (χ2n) is 4.94. The van der Waals surface area contributed by atoms with Crippen molar-refractivity contribution in [1.82, 2.24) is 0 Å². The lowest BCUT2D eigenvalue weighted by Gasteiger charge is -2.14. The minimum Gasteiger partial charge on any atom is -0.330 e. The van der Waals surface area contributed by atoms with E-state index < -0.39 is 5.82 Å². The molecular formula is C15H22ClFN2O. The third-order valence-electron chi connectivity index (χ3n) is 3.25. The molecule has 0 aliphatic rings. The first-order chi connectivity index (χ1) is 9.56. The van der Waals surface area contributed by atoms with E-state index >= 15 is 0 Å². The molecule has 5 heteroatoms. The van der Waals surface area contributed by atoms with E-state index in [1.54, 1.807) is 0 Å². The molecule has 1 amide bonds. The summed E-state index contributed by atoms with van der Waals surface area (Å²) in [6.45, 7) is 2.75. The fraction of sp³-hybridized carbons (Fsp3) is 0.533. The average Bonchev–Trinajstić information content (AvgIpc) is 2.41. The number of benzene rings is 1. The maximum absolute atomic E-state index is 13.5. The summed E-state index contributed by atoms with van der Waals surface area (Å²) in [5.74, 6) is -0.209. The number of amides is 1. The molecule has 0 saturated heterocycles. The standard InChI is InChI=1S/C15H22ClFN2O/c1-2-3-11(8-9-18)4-7-15(20)19-14-10-12(16)5-6-13(14)17/h5-6,10-11H,2-4,7-9,18H2,1H3,(H,19,20). The van der Waals surface area contributed by atoms with Gasteiger partial charge in [-0.15, -0.1) is 0 Å². The van der Waals surface area contributed by atoms with Gasteiger partial charge >= 0.3 is 0 Å². The molecule has 1 atom stereocenters. The van der Waals surface area contributed by atoms with Crippen LogP contribution in [0.1, 0.15) is 39.0 Å². The van der Waals surface area contributed by atoms with Gasteiger partial charge in [-0.25, -0.2) is 4.39 Å². The Kier molecular flexibility index (Phi) is 7.55. The Labute approximate surface area is 124 Å². The highest BCUT2D eigenvalue weighted by Gasteiger charge is 2.12. The Bertz CT molecular complexity index is 434. The number of nitrogens with one attached hydrogen (secondary N) is 1. The van der Waals surface area contributed by atoms with Crippen LogP contribution in [-0.4, -0.2) is 12.5 Å². The summed E-state index contributed by atoms with van der Waals surface area (Å²) in [5, 5.41) is 2.96. The van der Waals surface area contributed by atoms with Gasteiger partial charge in [-0.2, -0.15) is 0 Å². The highest BCUT2D eigenvalue weighted by atomic mass is 35.5. The van der Waals surface area contributed by atoms with E-state index in [-0.39, 0.29) is 11.6 Å². The normalized spacial score (nSPS) is 12.2. The van der Waals surface area contributed by atoms with Crippen molar-refractivity contribution in [2.45, 2.75) is 39.0 Å². The van der Waals surface area contributed by atoms with Crippen molar-refractivity contribution in [2.75, 3.05) is 11.9 Å². The minimum absolute atomic E-state index is 0.133. The molecule has 3 nitrogen and oxygen atoms in total. The molecule has 3 N–H and O–H groups in total. The summed E-state index contributed by atoms with van der Waals surface area (Å²) in [6.07, 6.45) is 4.22. The van der Waals surface area contributed by atoms with E-state index in [1.165, 1.54) is 18.2 Å². The zero-order valence-electron chi connectivity index (χ0n) is 11.8. The molecule has 0 spiro atoms. The van der Waals surface area contributed by atoms with Gasteiger partial charge in [0.25, 0.3) is 0 Å². The smallest absolute Gasteiger partial charge is 0.224 e. The first-order valence-electron chi connectivity index (χ1n) is 7.01. The van der Waals surface area contributed by atoms with E-state index in [0.29, 0.717) is 23.9 Å². The number of hydrogen-bond donors (Lipinski definition) is 2. The summed E-state index contributed by atoms with van der Waals surface area (Å²) in [7, 11) is 0. The lowest BCUT2D eigenvalue weighted by Crippen LogP contribution is -2.16. The highest BCUT2D eigenvalue weighted by Crippen LogP contribution is 2.21. The third-order valence-corrected chi connectivity index (χ3v) is 3.49. The third kappa shape index (κ3) is 5.88. The van der Waals surface area contributed by atoms with Crippen LogP contribution in [0.4, 0.5) is 10.1 Å². The lowest BCUT2D eigenvalue weighted by atomic mass is 9.94. The van der Waals surface area contributed by atoms with Crippen LogP contribution in [-0.2, 0) is 4.79 Å². The van der Waals surface area contributed by atoms with Crippen molar-refractivity contribution in [3.63, 3.8) is 0 Å². The Hall–Kier alpha value is -1.13. The zero-order valence-corrected chi connectivity index (χ0v) is 12.5. The molecule has 1 aromatic carbocycles. The van der Waals surface area contributed by atoms with Gasteiger partial charge in [0.2, 0.25) is 5.91 Å². The van der Waals surface area contributed by atoms with E-state index in [1.807, 2.05) is 0 Å². The first kappa shape index (κ1) is 16.9. The van der Waals surface area contributed by atoms with Crippen LogP contribution >= 0.6 is 11.6 Å². The largest absolute Gasteiger partial charge is 0.330 e. The van der Waals surface area contributed by atoms with Gasteiger partial charge in [0.1, 0.15) is 5.82 Å². The molecule has 0 fully saturated rings. The Morgan fingerprint density at radius 3 is 2.80 bits per heavy atom. The minimum atomic E-state index is -0.477. The van der Waals surface area contributed by atoms with Crippen molar-refractivity contribution in [3.8, 4) is 0 Å². The fourth-order valence-electron chi connectivity index (χ4n) is 2.22. The van der Waals surface area contributed by atoms with Crippen LogP contribution in [0.25, 0.3) is 0 Å². The highest BCUT2D eigenvalue weighted by molar-refractivity contribution is 6.30. The molecule has 0 radical (unpaired) electrons. The number of nitrogens with two attached hydrogens (primary N) is 1. The molecule has 1 unspecified atom stereocenters. The number of carbonyl (C=O) groups excluding carboxylic acids is 1. The van der Waals surface area contributed by atoms with Crippen LogP contribution < -0.4 is 11.1 Å². The van der Waals surface area contributed by atoms with E-state index in [0.717, 1.165) is 25.7 Å². The van der Waals surface area contributed by atoms with Crippen LogP contribution in [0.5, 0.6) is 0 Å².